The summed E-state index contributed by atoms with van der Waals surface area (Å²) in [5, 5.41) is 0.693. The number of hydrogen-bond acceptors (Lipinski definition) is 3. The number of ether oxygens (including phenoxy) is 1. The minimum Gasteiger partial charge on any atom is -0.370 e. The van der Waals surface area contributed by atoms with E-state index in [1.54, 1.807) is 11.8 Å². The van der Waals surface area contributed by atoms with E-state index in [0.717, 1.165) is 5.56 Å². The molecule has 18 heavy (non-hydrogen) atoms. The summed E-state index contributed by atoms with van der Waals surface area (Å²) in [5.41, 5.74) is 6.65. The highest BCUT2D eigenvalue weighted by Gasteiger charge is 2.26. The predicted octanol–water partition coefficient (Wildman–Crippen LogP) is 1.59. The van der Waals surface area contributed by atoms with E-state index in [1.165, 1.54) is 0 Å². The zero-order valence-electron chi connectivity index (χ0n) is 10.3. The quantitative estimate of drug-likeness (QED) is 0.886. The van der Waals surface area contributed by atoms with Gasteiger partial charge < -0.3 is 15.4 Å². The van der Waals surface area contributed by atoms with Crippen LogP contribution in [0.25, 0.3) is 0 Å². The molecule has 1 unspecified atom stereocenters. The summed E-state index contributed by atoms with van der Waals surface area (Å²) < 4.78 is 5.69. The molecule has 0 aliphatic carbocycles. The van der Waals surface area contributed by atoms with Crippen molar-refractivity contribution in [1.29, 1.82) is 0 Å². The molecule has 1 amide bonds. The van der Waals surface area contributed by atoms with Gasteiger partial charge in [0, 0.05) is 11.6 Å². The molecule has 2 atom stereocenters. The van der Waals surface area contributed by atoms with Crippen LogP contribution in [0.4, 0.5) is 0 Å². The highest BCUT2D eigenvalue weighted by molar-refractivity contribution is 6.30. The highest BCUT2D eigenvalue weighted by atomic mass is 35.5. The van der Waals surface area contributed by atoms with Crippen LogP contribution in [-0.2, 0) is 9.53 Å². The number of morpholine rings is 1. The van der Waals surface area contributed by atoms with E-state index in [-0.39, 0.29) is 12.0 Å². The molecule has 1 heterocycles. The molecule has 98 valence electrons. The third-order valence-electron chi connectivity index (χ3n) is 3.01. The number of benzene rings is 1. The van der Waals surface area contributed by atoms with Gasteiger partial charge in [0.1, 0.15) is 6.10 Å². The van der Waals surface area contributed by atoms with E-state index in [1.807, 2.05) is 24.3 Å². The first-order valence-electron chi connectivity index (χ1n) is 5.99. The van der Waals surface area contributed by atoms with Crippen LogP contribution >= 0.6 is 11.6 Å². The maximum Gasteiger partial charge on any atom is 0.239 e. The molecule has 1 fully saturated rings. The largest absolute Gasteiger partial charge is 0.370 e. The van der Waals surface area contributed by atoms with E-state index in [2.05, 4.69) is 0 Å². The molecule has 0 bridgehead atoms. The normalized spacial score (nSPS) is 21.7. The zero-order valence-corrected chi connectivity index (χ0v) is 11.1. The lowest BCUT2D eigenvalue weighted by Crippen LogP contribution is -2.48. The number of rotatable bonds is 2. The second-order valence-corrected chi connectivity index (χ2v) is 4.92. The molecule has 0 spiro atoms. The van der Waals surface area contributed by atoms with Crippen molar-refractivity contribution in [3.8, 4) is 0 Å². The van der Waals surface area contributed by atoms with E-state index < -0.39 is 6.04 Å². The first-order chi connectivity index (χ1) is 8.58. The van der Waals surface area contributed by atoms with Crippen molar-refractivity contribution in [3.05, 3.63) is 34.9 Å². The first kappa shape index (κ1) is 13.3. The molecule has 4 nitrogen and oxygen atoms in total. The minimum atomic E-state index is -0.464. The van der Waals surface area contributed by atoms with Gasteiger partial charge in [0.2, 0.25) is 5.91 Å². The van der Waals surface area contributed by atoms with Crippen LogP contribution in [0.1, 0.15) is 18.6 Å². The number of halogens is 1. The van der Waals surface area contributed by atoms with E-state index in [0.29, 0.717) is 24.7 Å². The zero-order chi connectivity index (χ0) is 13.1. The molecule has 0 saturated carbocycles. The van der Waals surface area contributed by atoms with Crippen molar-refractivity contribution in [2.75, 3.05) is 19.7 Å². The molecule has 1 saturated heterocycles. The van der Waals surface area contributed by atoms with Gasteiger partial charge in [-0.1, -0.05) is 23.7 Å². The first-order valence-corrected chi connectivity index (χ1v) is 6.37. The lowest BCUT2D eigenvalue weighted by atomic mass is 10.1. The molecule has 0 radical (unpaired) electrons. The molecule has 2 rings (SSSR count). The lowest BCUT2D eigenvalue weighted by Gasteiger charge is -2.34. The lowest BCUT2D eigenvalue weighted by molar-refractivity contribution is -0.140. The van der Waals surface area contributed by atoms with Crippen LogP contribution < -0.4 is 5.73 Å². The fraction of sp³-hybridized carbons (Fsp3) is 0.462. The Bertz CT molecular complexity index is 420. The Balaban J connectivity index is 2.07. The third kappa shape index (κ3) is 3.02. The van der Waals surface area contributed by atoms with Crippen LogP contribution in [0.2, 0.25) is 5.02 Å². The van der Waals surface area contributed by atoms with Gasteiger partial charge in [-0.15, -0.1) is 0 Å². The van der Waals surface area contributed by atoms with Gasteiger partial charge >= 0.3 is 0 Å². The molecule has 1 aromatic rings. The second kappa shape index (κ2) is 5.69. The topological polar surface area (TPSA) is 55.6 Å². The second-order valence-electron chi connectivity index (χ2n) is 4.48. The van der Waals surface area contributed by atoms with Gasteiger partial charge in [-0.3, -0.25) is 4.79 Å². The molecule has 2 N–H and O–H groups in total. The van der Waals surface area contributed by atoms with Crippen molar-refractivity contribution in [2.24, 2.45) is 5.73 Å². The average molecular weight is 269 g/mol. The Morgan fingerprint density at radius 1 is 1.50 bits per heavy atom. The van der Waals surface area contributed by atoms with E-state index in [9.17, 15) is 4.79 Å². The fourth-order valence-electron chi connectivity index (χ4n) is 2.02. The van der Waals surface area contributed by atoms with Crippen molar-refractivity contribution in [2.45, 2.75) is 19.1 Å². The van der Waals surface area contributed by atoms with Crippen LogP contribution in [0.3, 0.4) is 0 Å². The van der Waals surface area contributed by atoms with E-state index >= 15 is 0 Å². The molecule has 1 aliphatic rings. The number of nitrogens with zero attached hydrogens (tertiary/aromatic N) is 1. The predicted molar refractivity (Wildman–Crippen MR) is 70.4 cm³/mol. The number of amides is 1. The number of nitrogens with two attached hydrogens (primary N) is 1. The van der Waals surface area contributed by atoms with Gasteiger partial charge in [-0.2, -0.15) is 0 Å². The summed E-state index contributed by atoms with van der Waals surface area (Å²) in [5.74, 6) is -0.0303. The summed E-state index contributed by atoms with van der Waals surface area (Å²) in [6.07, 6.45) is -0.0984. The van der Waals surface area contributed by atoms with Crippen molar-refractivity contribution in [3.63, 3.8) is 0 Å². The summed E-state index contributed by atoms with van der Waals surface area (Å²) in [6.45, 7) is 3.38. The van der Waals surface area contributed by atoms with Crippen LogP contribution in [-0.4, -0.2) is 36.5 Å². The highest BCUT2D eigenvalue weighted by Crippen LogP contribution is 2.23. The molecule has 1 aromatic carbocycles. The van der Waals surface area contributed by atoms with E-state index in [4.69, 9.17) is 22.1 Å². The number of carbonyl (C=O) groups excluding carboxylic acids is 1. The average Bonchev–Trinajstić information content (AvgIpc) is 2.38. The van der Waals surface area contributed by atoms with Gasteiger partial charge in [0.15, 0.2) is 0 Å². The van der Waals surface area contributed by atoms with Crippen LogP contribution in [0.15, 0.2) is 24.3 Å². The minimum absolute atomic E-state index is 0.0303. The number of carbonyl (C=O) groups is 1. The van der Waals surface area contributed by atoms with Crippen molar-refractivity contribution >= 4 is 17.5 Å². The SMILES string of the molecule is C[C@H](N)C(=O)N1CCOC(c2ccc(Cl)cc2)C1. The fourth-order valence-corrected chi connectivity index (χ4v) is 2.14. The maximum absolute atomic E-state index is 11.9. The summed E-state index contributed by atoms with van der Waals surface area (Å²) in [7, 11) is 0. The van der Waals surface area contributed by atoms with Crippen LogP contribution in [0, 0.1) is 0 Å². The molecular formula is C13H17ClN2O2. The molecule has 1 aliphatic heterocycles. The molecule has 5 heteroatoms. The van der Waals surface area contributed by atoms with Gasteiger partial charge in [0.05, 0.1) is 19.2 Å². The summed E-state index contributed by atoms with van der Waals surface area (Å²) >= 11 is 5.85. The molecule has 0 aromatic heterocycles. The standard InChI is InChI=1S/C13H17ClN2O2/c1-9(15)13(17)16-6-7-18-12(8-16)10-2-4-11(14)5-3-10/h2-5,9,12H,6-8,15H2,1H3/t9-,12?/m0/s1. The Morgan fingerprint density at radius 2 is 2.17 bits per heavy atom. The maximum atomic E-state index is 11.9. The Kier molecular flexibility index (Phi) is 4.22. The Morgan fingerprint density at radius 3 is 2.78 bits per heavy atom. The van der Waals surface area contributed by atoms with Crippen molar-refractivity contribution < 1.29 is 9.53 Å². The van der Waals surface area contributed by atoms with Crippen molar-refractivity contribution in [1.82, 2.24) is 4.90 Å². The smallest absolute Gasteiger partial charge is 0.239 e. The Labute approximate surface area is 112 Å². The van der Waals surface area contributed by atoms with Gasteiger partial charge in [-0.25, -0.2) is 0 Å². The van der Waals surface area contributed by atoms with Crippen LogP contribution in [0.5, 0.6) is 0 Å². The monoisotopic (exact) mass is 268 g/mol. The summed E-state index contributed by atoms with van der Waals surface area (Å²) in [6, 6.07) is 7.03. The Hall–Kier alpha value is -1.10. The van der Waals surface area contributed by atoms with Gasteiger partial charge in [-0.05, 0) is 24.6 Å². The molecular weight excluding hydrogens is 252 g/mol. The number of hydrogen-bond donors (Lipinski definition) is 1. The third-order valence-corrected chi connectivity index (χ3v) is 3.26. The van der Waals surface area contributed by atoms with Gasteiger partial charge in [0.25, 0.3) is 0 Å². The summed E-state index contributed by atoms with van der Waals surface area (Å²) in [4.78, 5) is 13.6.